The average Bonchev–Trinajstić information content (AvgIpc) is 3.25. The largest absolute Gasteiger partial charge is 0.493 e. The highest BCUT2D eigenvalue weighted by molar-refractivity contribution is 14.1. The minimum atomic E-state index is -0.165. The van der Waals surface area contributed by atoms with E-state index in [1.54, 1.807) is 31.3 Å². The van der Waals surface area contributed by atoms with E-state index in [0.717, 1.165) is 9.13 Å². The molecule has 0 saturated heterocycles. The van der Waals surface area contributed by atoms with Crippen molar-refractivity contribution in [2.75, 3.05) is 27.4 Å². The minimum Gasteiger partial charge on any atom is -0.493 e. The maximum Gasteiger partial charge on any atom is 0.260 e. The van der Waals surface area contributed by atoms with Crippen molar-refractivity contribution in [3.05, 3.63) is 51.9 Å². The quantitative estimate of drug-likeness (QED) is 0.395. The van der Waals surface area contributed by atoms with E-state index in [4.69, 9.17) is 18.7 Å². The smallest absolute Gasteiger partial charge is 0.260 e. The van der Waals surface area contributed by atoms with E-state index in [1.165, 1.54) is 0 Å². The maximum atomic E-state index is 12.5. The van der Waals surface area contributed by atoms with Crippen LogP contribution in [-0.2, 0) is 11.3 Å². The Bertz CT molecular complexity index is 991. The summed E-state index contributed by atoms with van der Waals surface area (Å²) in [5.41, 5.74) is 0.721. The number of aromatic nitrogens is 2. The molecule has 1 heterocycles. The standard InChI is InChI=1S/C21H22IN3O5/c1-4-25(20(26)13-29-16-8-6-15(22)7-9-16)12-19-23-21(24-30-19)14-5-10-17(27-2)18(11-14)28-3/h5-11H,4,12-13H2,1-3H3. The predicted molar refractivity (Wildman–Crippen MR) is 119 cm³/mol. The summed E-state index contributed by atoms with van der Waals surface area (Å²) in [6.45, 7) is 2.51. The van der Waals surface area contributed by atoms with Gasteiger partial charge in [0.05, 0.1) is 14.2 Å². The second-order valence-electron chi connectivity index (χ2n) is 6.23. The molecule has 3 aromatic rings. The third-order valence-electron chi connectivity index (χ3n) is 4.35. The molecule has 0 spiro atoms. The number of hydrogen-bond donors (Lipinski definition) is 0. The number of carbonyl (C=O) groups is 1. The van der Waals surface area contributed by atoms with E-state index < -0.39 is 0 Å². The highest BCUT2D eigenvalue weighted by Crippen LogP contribution is 2.31. The maximum absolute atomic E-state index is 12.5. The molecular formula is C21H22IN3O5. The van der Waals surface area contributed by atoms with Crippen LogP contribution in [0.15, 0.2) is 47.0 Å². The van der Waals surface area contributed by atoms with Crippen LogP contribution in [0.5, 0.6) is 17.2 Å². The molecule has 0 fully saturated rings. The molecule has 8 nitrogen and oxygen atoms in total. The summed E-state index contributed by atoms with van der Waals surface area (Å²) < 4.78 is 22.6. The predicted octanol–water partition coefficient (Wildman–Crippen LogP) is 3.79. The van der Waals surface area contributed by atoms with Crippen LogP contribution in [-0.4, -0.2) is 48.3 Å². The molecular weight excluding hydrogens is 501 g/mol. The van der Waals surface area contributed by atoms with Crippen LogP contribution in [0.3, 0.4) is 0 Å². The number of halogens is 1. The normalized spacial score (nSPS) is 10.5. The van der Waals surface area contributed by atoms with Crippen LogP contribution in [0, 0.1) is 3.57 Å². The summed E-state index contributed by atoms with van der Waals surface area (Å²) in [6, 6.07) is 12.9. The first-order valence-corrected chi connectivity index (χ1v) is 10.3. The van der Waals surface area contributed by atoms with Crippen molar-refractivity contribution in [3.8, 4) is 28.6 Å². The number of hydrogen-bond acceptors (Lipinski definition) is 7. The monoisotopic (exact) mass is 523 g/mol. The van der Waals surface area contributed by atoms with E-state index in [9.17, 15) is 4.79 Å². The summed E-state index contributed by atoms with van der Waals surface area (Å²) >= 11 is 2.21. The third-order valence-corrected chi connectivity index (χ3v) is 5.07. The summed E-state index contributed by atoms with van der Waals surface area (Å²) in [5.74, 6) is 2.41. The van der Waals surface area contributed by atoms with Gasteiger partial charge in [-0.2, -0.15) is 4.98 Å². The van der Waals surface area contributed by atoms with Crippen LogP contribution in [0.25, 0.3) is 11.4 Å². The molecule has 3 rings (SSSR count). The lowest BCUT2D eigenvalue weighted by Crippen LogP contribution is -2.34. The lowest BCUT2D eigenvalue weighted by Gasteiger charge is -2.18. The van der Waals surface area contributed by atoms with Crippen molar-refractivity contribution < 1.29 is 23.5 Å². The Kier molecular flexibility index (Phi) is 7.50. The van der Waals surface area contributed by atoms with Crippen molar-refractivity contribution >= 4 is 28.5 Å². The number of benzene rings is 2. The summed E-state index contributed by atoms with van der Waals surface area (Å²) in [5, 5.41) is 4.01. The van der Waals surface area contributed by atoms with Gasteiger partial charge in [-0.25, -0.2) is 0 Å². The molecule has 0 atom stereocenters. The van der Waals surface area contributed by atoms with E-state index in [1.807, 2.05) is 37.3 Å². The zero-order valence-electron chi connectivity index (χ0n) is 16.9. The van der Waals surface area contributed by atoms with Crippen molar-refractivity contribution in [3.63, 3.8) is 0 Å². The van der Waals surface area contributed by atoms with Crippen molar-refractivity contribution in [1.29, 1.82) is 0 Å². The first kappa shape index (κ1) is 21.9. The number of amides is 1. The number of rotatable bonds is 9. The molecule has 0 aliphatic rings. The lowest BCUT2D eigenvalue weighted by atomic mass is 10.2. The van der Waals surface area contributed by atoms with Gasteiger partial charge in [-0.05, 0) is 72.0 Å². The molecule has 0 N–H and O–H groups in total. The molecule has 0 aliphatic carbocycles. The van der Waals surface area contributed by atoms with Gasteiger partial charge in [0.2, 0.25) is 11.7 Å². The summed E-state index contributed by atoms with van der Waals surface area (Å²) in [4.78, 5) is 18.5. The van der Waals surface area contributed by atoms with Gasteiger partial charge in [0.15, 0.2) is 18.1 Å². The van der Waals surface area contributed by atoms with Crippen LogP contribution in [0.2, 0.25) is 0 Å². The van der Waals surface area contributed by atoms with E-state index in [0.29, 0.717) is 35.5 Å². The molecule has 9 heteroatoms. The zero-order valence-corrected chi connectivity index (χ0v) is 19.1. The molecule has 0 saturated carbocycles. The molecule has 2 aromatic carbocycles. The van der Waals surface area contributed by atoms with Crippen LogP contribution < -0.4 is 14.2 Å². The summed E-state index contributed by atoms with van der Waals surface area (Å²) in [7, 11) is 3.13. The number of ether oxygens (including phenoxy) is 3. The van der Waals surface area contributed by atoms with Gasteiger partial charge in [-0.3, -0.25) is 4.79 Å². The van der Waals surface area contributed by atoms with Gasteiger partial charge in [0.1, 0.15) is 12.3 Å². The molecule has 158 valence electrons. The Labute approximate surface area is 188 Å². The molecule has 1 aromatic heterocycles. The number of methoxy groups -OCH3 is 2. The molecule has 30 heavy (non-hydrogen) atoms. The first-order valence-electron chi connectivity index (χ1n) is 9.25. The van der Waals surface area contributed by atoms with Crippen molar-refractivity contribution in [2.24, 2.45) is 0 Å². The fourth-order valence-corrected chi connectivity index (χ4v) is 3.08. The van der Waals surface area contributed by atoms with Gasteiger partial charge in [0.25, 0.3) is 5.91 Å². The topological polar surface area (TPSA) is 86.9 Å². The minimum absolute atomic E-state index is 0.0644. The number of nitrogens with zero attached hydrogens (tertiary/aromatic N) is 3. The van der Waals surface area contributed by atoms with Crippen LogP contribution >= 0.6 is 22.6 Å². The van der Waals surface area contributed by atoms with Crippen molar-refractivity contribution in [1.82, 2.24) is 15.0 Å². The Hall–Kier alpha value is -2.82. The van der Waals surface area contributed by atoms with E-state index in [-0.39, 0.29) is 19.1 Å². The fourth-order valence-electron chi connectivity index (χ4n) is 2.72. The lowest BCUT2D eigenvalue weighted by molar-refractivity contribution is -0.134. The second-order valence-corrected chi connectivity index (χ2v) is 7.48. The Morgan fingerprint density at radius 3 is 2.50 bits per heavy atom. The molecule has 1 amide bonds. The zero-order chi connectivity index (χ0) is 21.5. The Morgan fingerprint density at radius 2 is 1.83 bits per heavy atom. The van der Waals surface area contributed by atoms with Gasteiger partial charge in [-0.1, -0.05) is 5.16 Å². The van der Waals surface area contributed by atoms with Crippen LogP contribution in [0.1, 0.15) is 12.8 Å². The molecule has 0 aliphatic heterocycles. The fraction of sp³-hybridized carbons (Fsp3) is 0.286. The Balaban J connectivity index is 1.64. The highest BCUT2D eigenvalue weighted by Gasteiger charge is 2.18. The van der Waals surface area contributed by atoms with Gasteiger partial charge < -0.3 is 23.6 Å². The molecule has 0 radical (unpaired) electrons. The van der Waals surface area contributed by atoms with Gasteiger partial charge in [-0.15, -0.1) is 0 Å². The van der Waals surface area contributed by atoms with Crippen LogP contribution in [0.4, 0.5) is 0 Å². The highest BCUT2D eigenvalue weighted by atomic mass is 127. The SMILES string of the molecule is CCN(Cc1nc(-c2ccc(OC)c(OC)c2)no1)C(=O)COc1ccc(I)cc1. The average molecular weight is 523 g/mol. The number of likely N-dealkylation sites (N-methyl/N-ethyl adjacent to an activating group) is 1. The van der Waals surface area contributed by atoms with E-state index >= 15 is 0 Å². The number of carbonyl (C=O) groups excluding carboxylic acids is 1. The van der Waals surface area contributed by atoms with Crippen molar-refractivity contribution in [2.45, 2.75) is 13.5 Å². The molecule has 0 bridgehead atoms. The summed E-state index contributed by atoms with van der Waals surface area (Å²) in [6.07, 6.45) is 0. The first-order chi connectivity index (χ1) is 14.5. The second kappa shape index (κ2) is 10.3. The van der Waals surface area contributed by atoms with E-state index in [2.05, 4.69) is 32.7 Å². The van der Waals surface area contributed by atoms with Gasteiger partial charge in [0, 0.05) is 15.7 Å². The van der Waals surface area contributed by atoms with Gasteiger partial charge >= 0.3 is 0 Å². The third kappa shape index (κ3) is 5.41. The molecule has 0 unspecified atom stereocenters. The Morgan fingerprint density at radius 1 is 1.10 bits per heavy atom.